The molecule has 1 saturated heterocycles. The third-order valence-electron chi connectivity index (χ3n) is 4.19. The van der Waals surface area contributed by atoms with Crippen molar-refractivity contribution in [3.63, 3.8) is 0 Å². The van der Waals surface area contributed by atoms with Gasteiger partial charge in [-0.3, -0.25) is 4.90 Å². The molecule has 0 amide bonds. The second-order valence-corrected chi connectivity index (χ2v) is 6.50. The molecule has 0 spiro atoms. The van der Waals surface area contributed by atoms with Gasteiger partial charge in [0.05, 0.1) is 6.10 Å². The Labute approximate surface area is 167 Å². The predicted molar refractivity (Wildman–Crippen MR) is 101 cm³/mol. The fraction of sp³-hybridized carbons (Fsp3) is 0.556. The van der Waals surface area contributed by atoms with Gasteiger partial charge in [-0.2, -0.15) is 0 Å². The summed E-state index contributed by atoms with van der Waals surface area (Å²) in [4.78, 5) is 40.6. The number of carboxylic acid groups (broad SMARTS) is 4. The van der Waals surface area contributed by atoms with Crippen molar-refractivity contribution < 1.29 is 44.7 Å². The van der Waals surface area contributed by atoms with Crippen LogP contribution in [-0.2, 0) is 19.2 Å². The summed E-state index contributed by atoms with van der Waals surface area (Å²) in [6, 6.07) is 0.693. The first-order chi connectivity index (χ1) is 13.5. The average Bonchev–Trinajstić information content (AvgIpc) is 2.99. The zero-order valence-corrected chi connectivity index (χ0v) is 15.9. The molecular weight excluding hydrogens is 388 g/mol. The van der Waals surface area contributed by atoms with Crippen LogP contribution in [0.2, 0.25) is 0 Å². The number of nitrogens with zero attached hydrogens (tertiary/aromatic N) is 1. The number of nitrogens with two attached hydrogens (primary N) is 1. The van der Waals surface area contributed by atoms with Crippen molar-refractivity contribution in [3.05, 3.63) is 24.3 Å². The first-order valence-electron chi connectivity index (χ1n) is 8.98. The highest BCUT2D eigenvalue weighted by molar-refractivity contribution is 5.90. The number of aliphatic hydroxyl groups is 1. The standard InChI is InChI=1S/C10H20N2O.2C4H4O4/c11-9-6-12(7-10(9)13)8-4-2-1-3-5-8;2*5-3(6)1-2-4(7)8/h8-10,13H,1-7,11H2;2*1-2H,(H,5,6)(H,7,8)/b;2*2-1-/t9-,10-;;/m1../s1. The summed E-state index contributed by atoms with van der Waals surface area (Å²) >= 11 is 0. The molecular formula is C18H28N2O9. The van der Waals surface area contributed by atoms with Crippen LogP contribution in [0.25, 0.3) is 0 Å². The Morgan fingerprint density at radius 2 is 1.10 bits per heavy atom. The monoisotopic (exact) mass is 416 g/mol. The second kappa shape index (κ2) is 14.3. The van der Waals surface area contributed by atoms with Crippen LogP contribution >= 0.6 is 0 Å². The second-order valence-electron chi connectivity index (χ2n) is 6.50. The van der Waals surface area contributed by atoms with E-state index in [1.54, 1.807) is 0 Å². The van der Waals surface area contributed by atoms with Crippen LogP contribution in [0.5, 0.6) is 0 Å². The molecule has 0 aromatic heterocycles. The van der Waals surface area contributed by atoms with Gasteiger partial charge < -0.3 is 31.3 Å². The summed E-state index contributed by atoms with van der Waals surface area (Å²) in [5, 5.41) is 40.8. The summed E-state index contributed by atoms with van der Waals surface area (Å²) in [7, 11) is 0. The topological polar surface area (TPSA) is 199 Å². The van der Waals surface area contributed by atoms with Crippen LogP contribution in [0.3, 0.4) is 0 Å². The van der Waals surface area contributed by atoms with E-state index in [-0.39, 0.29) is 12.1 Å². The molecule has 1 aliphatic carbocycles. The van der Waals surface area contributed by atoms with Crippen LogP contribution < -0.4 is 5.73 Å². The molecule has 2 atom stereocenters. The summed E-state index contributed by atoms with van der Waals surface area (Å²) in [6.45, 7) is 1.69. The van der Waals surface area contributed by atoms with Gasteiger partial charge in [-0.25, -0.2) is 19.2 Å². The molecule has 164 valence electrons. The maximum atomic E-state index is 9.55. The Morgan fingerprint density at radius 1 is 0.724 bits per heavy atom. The van der Waals surface area contributed by atoms with Crippen molar-refractivity contribution in [2.75, 3.05) is 13.1 Å². The van der Waals surface area contributed by atoms with E-state index in [4.69, 9.17) is 26.2 Å². The molecule has 1 heterocycles. The molecule has 0 aromatic carbocycles. The average molecular weight is 416 g/mol. The van der Waals surface area contributed by atoms with Gasteiger partial charge in [0.2, 0.25) is 0 Å². The molecule has 2 fully saturated rings. The Morgan fingerprint density at radius 3 is 1.38 bits per heavy atom. The maximum absolute atomic E-state index is 9.55. The number of rotatable bonds is 5. The van der Waals surface area contributed by atoms with E-state index in [2.05, 4.69) is 4.90 Å². The number of carbonyl (C=O) groups is 4. The lowest BCUT2D eigenvalue weighted by Gasteiger charge is -2.30. The number of likely N-dealkylation sites (tertiary alicyclic amines) is 1. The third kappa shape index (κ3) is 14.0. The van der Waals surface area contributed by atoms with Crippen LogP contribution in [0.4, 0.5) is 0 Å². The molecule has 1 saturated carbocycles. The van der Waals surface area contributed by atoms with E-state index in [0.29, 0.717) is 30.3 Å². The van der Waals surface area contributed by atoms with E-state index < -0.39 is 23.9 Å². The summed E-state index contributed by atoms with van der Waals surface area (Å²) in [5.41, 5.74) is 5.78. The quantitative estimate of drug-likeness (QED) is 0.323. The zero-order valence-electron chi connectivity index (χ0n) is 15.9. The van der Waals surface area contributed by atoms with Crippen molar-refractivity contribution in [3.8, 4) is 0 Å². The third-order valence-corrected chi connectivity index (χ3v) is 4.19. The number of aliphatic carboxylic acids is 4. The van der Waals surface area contributed by atoms with E-state index >= 15 is 0 Å². The predicted octanol–water partition coefficient (Wildman–Crippen LogP) is -0.253. The molecule has 0 aromatic rings. The molecule has 11 heteroatoms. The van der Waals surface area contributed by atoms with E-state index in [1.807, 2.05) is 0 Å². The first-order valence-corrected chi connectivity index (χ1v) is 8.98. The summed E-state index contributed by atoms with van der Waals surface area (Å²) < 4.78 is 0. The summed E-state index contributed by atoms with van der Waals surface area (Å²) in [6.07, 6.45) is 8.65. The molecule has 11 nitrogen and oxygen atoms in total. The molecule has 0 unspecified atom stereocenters. The number of carboxylic acids is 4. The molecule has 0 bridgehead atoms. The highest BCUT2D eigenvalue weighted by atomic mass is 16.4. The molecule has 7 N–H and O–H groups in total. The highest BCUT2D eigenvalue weighted by Gasteiger charge is 2.32. The summed E-state index contributed by atoms with van der Waals surface area (Å²) in [5.74, 6) is -5.03. The lowest BCUT2D eigenvalue weighted by molar-refractivity contribution is -0.134. The minimum Gasteiger partial charge on any atom is -0.478 e. The Bertz CT molecular complexity index is 536. The number of hydrogen-bond acceptors (Lipinski definition) is 7. The van der Waals surface area contributed by atoms with Gasteiger partial charge in [0.25, 0.3) is 0 Å². The van der Waals surface area contributed by atoms with Crippen LogP contribution in [0.1, 0.15) is 32.1 Å². The Balaban J connectivity index is 0.000000432. The van der Waals surface area contributed by atoms with Gasteiger partial charge in [0.1, 0.15) is 0 Å². The van der Waals surface area contributed by atoms with Crippen LogP contribution in [0.15, 0.2) is 24.3 Å². The number of aliphatic hydroxyl groups excluding tert-OH is 1. The lowest BCUT2D eigenvalue weighted by atomic mass is 9.94. The van der Waals surface area contributed by atoms with Gasteiger partial charge in [-0.05, 0) is 12.8 Å². The lowest BCUT2D eigenvalue weighted by Crippen LogP contribution is -2.36. The van der Waals surface area contributed by atoms with E-state index in [1.165, 1.54) is 32.1 Å². The Hall–Kier alpha value is -2.76. The number of β-amino-alcohol motifs (C(OH)–C–C–N with tert-alkyl or cyclic N) is 1. The van der Waals surface area contributed by atoms with Gasteiger partial charge in [0.15, 0.2) is 0 Å². The molecule has 29 heavy (non-hydrogen) atoms. The Kier molecular flexibility index (Phi) is 12.9. The normalized spacial score (nSPS) is 22.4. The largest absolute Gasteiger partial charge is 0.478 e. The van der Waals surface area contributed by atoms with Gasteiger partial charge in [0, 0.05) is 49.5 Å². The fourth-order valence-electron chi connectivity index (χ4n) is 2.87. The first kappa shape index (κ1) is 26.2. The van der Waals surface area contributed by atoms with Crippen molar-refractivity contribution in [2.24, 2.45) is 5.73 Å². The molecule has 0 radical (unpaired) electrons. The van der Waals surface area contributed by atoms with Crippen LogP contribution in [-0.4, -0.2) is 85.6 Å². The van der Waals surface area contributed by atoms with Gasteiger partial charge in [-0.15, -0.1) is 0 Å². The molecule has 2 aliphatic rings. The van der Waals surface area contributed by atoms with Crippen LogP contribution in [0, 0.1) is 0 Å². The zero-order chi connectivity index (χ0) is 22.4. The number of hydrogen-bond donors (Lipinski definition) is 6. The van der Waals surface area contributed by atoms with Crippen molar-refractivity contribution in [1.29, 1.82) is 0 Å². The van der Waals surface area contributed by atoms with Gasteiger partial charge >= 0.3 is 23.9 Å². The SMILES string of the molecule is N[C@@H]1CN(C2CCCCC2)C[C@H]1O.O=C(O)/C=C\C(=O)O.O=C(O)/C=C\C(=O)O. The van der Waals surface area contributed by atoms with E-state index in [0.717, 1.165) is 13.1 Å². The molecule has 1 aliphatic heterocycles. The van der Waals surface area contributed by atoms with Crippen molar-refractivity contribution >= 4 is 23.9 Å². The van der Waals surface area contributed by atoms with E-state index in [9.17, 15) is 24.3 Å². The van der Waals surface area contributed by atoms with Crippen molar-refractivity contribution in [1.82, 2.24) is 4.90 Å². The highest BCUT2D eigenvalue weighted by Crippen LogP contribution is 2.25. The smallest absolute Gasteiger partial charge is 0.328 e. The minimum absolute atomic E-state index is 0.0121. The van der Waals surface area contributed by atoms with Crippen molar-refractivity contribution in [2.45, 2.75) is 50.3 Å². The molecule has 2 rings (SSSR count). The van der Waals surface area contributed by atoms with Gasteiger partial charge in [-0.1, -0.05) is 19.3 Å². The maximum Gasteiger partial charge on any atom is 0.328 e. The minimum atomic E-state index is -1.26. The fourth-order valence-corrected chi connectivity index (χ4v) is 2.87.